The zero-order valence-corrected chi connectivity index (χ0v) is 27.8. The highest BCUT2D eigenvalue weighted by atomic mass is 14.4. The van der Waals surface area contributed by atoms with Crippen molar-refractivity contribution < 1.29 is 0 Å². The first kappa shape index (κ1) is 28.1. The van der Waals surface area contributed by atoms with E-state index in [0.29, 0.717) is 0 Å². The van der Waals surface area contributed by atoms with Crippen LogP contribution < -0.4 is 0 Å². The Labute approximate surface area is 277 Å². The fourth-order valence-corrected chi connectivity index (χ4v) is 8.61. The fraction of sp³-hybridized carbons (Fsp3) is 0.149. The van der Waals surface area contributed by atoms with E-state index in [-0.39, 0.29) is 10.8 Å². The molecule has 0 saturated carbocycles. The summed E-state index contributed by atoms with van der Waals surface area (Å²) < 4.78 is 0. The summed E-state index contributed by atoms with van der Waals surface area (Å²) in [6.07, 6.45) is 0. The minimum atomic E-state index is -0.107. The molecule has 47 heavy (non-hydrogen) atoms. The molecular weight excluding hydrogens is 565 g/mol. The molecule has 1 aliphatic rings. The van der Waals surface area contributed by atoms with Crippen molar-refractivity contribution in [2.45, 2.75) is 45.4 Å². The lowest BCUT2D eigenvalue weighted by Crippen LogP contribution is -2.23. The lowest BCUT2D eigenvalue weighted by atomic mass is 9.68. The molecule has 0 unspecified atom stereocenters. The van der Waals surface area contributed by atoms with Crippen LogP contribution in [0, 0.1) is 0 Å². The van der Waals surface area contributed by atoms with Gasteiger partial charge in [0.25, 0.3) is 0 Å². The second kappa shape index (κ2) is 9.90. The Morgan fingerprint density at radius 2 is 1.02 bits per heavy atom. The van der Waals surface area contributed by atoms with Crippen molar-refractivity contribution in [1.82, 2.24) is 0 Å². The van der Waals surface area contributed by atoms with Crippen LogP contribution in [0.25, 0.3) is 76.5 Å². The van der Waals surface area contributed by atoms with E-state index in [1.54, 1.807) is 0 Å². The van der Waals surface area contributed by atoms with Gasteiger partial charge in [-0.3, -0.25) is 0 Å². The van der Waals surface area contributed by atoms with E-state index >= 15 is 0 Å². The fourth-order valence-electron chi connectivity index (χ4n) is 8.61. The van der Waals surface area contributed by atoms with E-state index in [9.17, 15) is 0 Å². The van der Waals surface area contributed by atoms with Crippen LogP contribution in [0.15, 0.2) is 140 Å². The first-order valence-electron chi connectivity index (χ1n) is 16.9. The molecule has 0 saturated heterocycles. The molecule has 226 valence electrons. The van der Waals surface area contributed by atoms with E-state index in [2.05, 4.69) is 174 Å². The third-order valence-corrected chi connectivity index (χ3v) is 10.7. The topological polar surface area (TPSA) is 0 Å². The Kier molecular flexibility index (Phi) is 5.91. The normalized spacial score (nSPS) is 13.8. The maximum absolute atomic E-state index is 2.48. The predicted molar refractivity (Wildman–Crippen MR) is 204 cm³/mol. The van der Waals surface area contributed by atoms with Crippen LogP contribution in [0.1, 0.15) is 51.3 Å². The van der Waals surface area contributed by atoms with Gasteiger partial charge in [0, 0.05) is 5.41 Å². The molecule has 9 rings (SSSR count). The molecule has 0 nitrogen and oxygen atoms in total. The summed E-state index contributed by atoms with van der Waals surface area (Å²) in [5.74, 6) is 0. The molecule has 0 N–H and O–H groups in total. The quantitative estimate of drug-likeness (QED) is 0.173. The van der Waals surface area contributed by atoms with Crippen molar-refractivity contribution in [3.05, 3.63) is 156 Å². The number of fused-ring (bicyclic) bond motifs is 5. The molecule has 0 heterocycles. The van der Waals surface area contributed by atoms with Gasteiger partial charge in [-0.15, -0.1) is 0 Å². The SMILES string of the molecule is CC(C)(C)c1c2ccccc2c(-c2cccc3ccccc23)c2ccc(-c3ccc4c(c3)C(C)(C)c3cccc5cccc-4c35)cc12. The first-order chi connectivity index (χ1) is 22.7. The second-order valence-corrected chi connectivity index (χ2v) is 14.9. The van der Waals surface area contributed by atoms with Crippen molar-refractivity contribution in [2.24, 2.45) is 0 Å². The van der Waals surface area contributed by atoms with Crippen LogP contribution in [-0.4, -0.2) is 0 Å². The molecule has 8 aromatic carbocycles. The zero-order valence-electron chi connectivity index (χ0n) is 27.8. The van der Waals surface area contributed by atoms with E-state index in [4.69, 9.17) is 0 Å². The standard InChI is InChI=1S/C47H38/c1-46(2,3)45-39-19-9-8-18-37(39)44(35-20-10-14-29-13-6-7-17-33(29)35)38-26-24-31(27-40(38)45)32-23-25-34-36-21-11-15-30-16-12-22-41(43(30)36)47(4,5)42(34)28-32/h6-28H,1-5H3. The third kappa shape index (κ3) is 4.07. The highest BCUT2D eigenvalue weighted by molar-refractivity contribution is 6.19. The summed E-state index contributed by atoms with van der Waals surface area (Å²) in [5, 5.41) is 10.6. The molecule has 0 bridgehead atoms. The predicted octanol–water partition coefficient (Wildman–Crippen LogP) is 13.2. The Bertz CT molecular complexity index is 2560. The van der Waals surface area contributed by atoms with Gasteiger partial charge in [-0.2, -0.15) is 0 Å². The van der Waals surface area contributed by atoms with Gasteiger partial charge >= 0.3 is 0 Å². The number of benzene rings is 8. The van der Waals surface area contributed by atoms with Crippen molar-refractivity contribution >= 4 is 43.1 Å². The van der Waals surface area contributed by atoms with Crippen LogP contribution in [0.5, 0.6) is 0 Å². The average molecular weight is 603 g/mol. The zero-order chi connectivity index (χ0) is 32.1. The van der Waals surface area contributed by atoms with Crippen molar-refractivity contribution in [1.29, 1.82) is 0 Å². The van der Waals surface area contributed by atoms with Gasteiger partial charge in [0.2, 0.25) is 0 Å². The van der Waals surface area contributed by atoms with Gasteiger partial charge in [0.15, 0.2) is 0 Å². The summed E-state index contributed by atoms with van der Waals surface area (Å²) in [7, 11) is 0. The number of hydrogen-bond donors (Lipinski definition) is 0. The van der Waals surface area contributed by atoms with Gasteiger partial charge in [-0.25, -0.2) is 0 Å². The smallest absolute Gasteiger partial charge is 0.0159 e. The Morgan fingerprint density at radius 3 is 1.81 bits per heavy atom. The van der Waals surface area contributed by atoms with Gasteiger partial charge < -0.3 is 0 Å². The second-order valence-electron chi connectivity index (χ2n) is 14.9. The van der Waals surface area contributed by atoms with E-state index in [1.165, 1.54) is 93.2 Å². The maximum atomic E-state index is 2.48. The summed E-state index contributed by atoms with van der Waals surface area (Å²) in [6.45, 7) is 11.9. The average Bonchev–Trinajstić information content (AvgIpc) is 3.08. The lowest BCUT2D eigenvalue weighted by molar-refractivity contribution is 0.601. The number of rotatable bonds is 2. The molecule has 0 amide bonds. The monoisotopic (exact) mass is 602 g/mol. The molecule has 0 aromatic heterocycles. The third-order valence-electron chi connectivity index (χ3n) is 10.7. The minimum absolute atomic E-state index is 0.0476. The van der Waals surface area contributed by atoms with Crippen LogP contribution in [-0.2, 0) is 10.8 Å². The minimum Gasteiger partial charge on any atom is -0.0616 e. The van der Waals surface area contributed by atoms with Gasteiger partial charge in [0.05, 0.1) is 0 Å². The first-order valence-corrected chi connectivity index (χ1v) is 16.9. The Morgan fingerprint density at radius 1 is 0.426 bits per heavy atom. The van der Waals surface area contributed by atoms with Crippen molar-refractivity contribution in [2.75, 3.05) is 0 Å². The van der Waals surface area contributed by atoms with E-state index in [0.717, 1.165) is 0 Å². The van der Waals surface area contributed by atoms with E-state index in [1.807, 2.05) is 0 Å². The summed E-state index contributed by atoms with van der Waals surface area (Å²) in [6, 6.07) is 52.5. The number of hydrogen-bond acceptors (Lipinski definition) is 0. The molecule has 0 fully saturated rings. The van der Waals surface area contributed by atoms with Crippen molar-refractivity contribution in [3.8, 4) is 33.4 Å². The van der Waals surface area contributed by atoms with E-state index < -0.39 is 0 Å². The van der Waals surface area contributed by atoms with Crippen molar-refractivity contribution in [3.63, 3.8) is 0 Å². The highest BCUT2D eigenvalue weighted by Crippen LogP contribution is 2.50. The largest absolute Gasteiger partial charge is 0.0616 e. The summed E-state index contributed by atoms with van der Waals surface area (Å²) in [5.41, 5.74) is 11.9. The molecule has 0 heteroatoms. The Hall–Kier alpha value is -5.20. The molecule has 0 spiro atoms. The maximum Gasteiger partial charge on any atom is 0.0159 e. The highest BCUT2D eigenvalue weighted by Gasteiger charge is 2.33. The van der Waals surface area contributed by atoms with Gasteiger partial charge in [-0.1, -0.05) is 162 Å². The summed E-state index contributed by atoms with van der Waals surface area (Å²) >= 11 is 0. The molecular formula is C47H38. The molecule has 0 aliphatic heterocycles. The summed E-state index contributed by atoms with van der Waals surface area (Å²) in [4.78, 5) is 0. The molecule has 0 radical (unpaired) electrons. The molecule has 0 atom stereocenters. The lowest BCUT2D eigenvalue weighted by Gasteiger charge is -2.35. The molecule has 8 aromatic rings. The van der Waals surface area contributed by atoms with Crippen LogP contribution >= 0.6 is 0 Å². The van der Waals surface area contributed by atoms with Gasteiger partial charge in [0.1, 0.15) is 0 Å². The Balaban J connectivity index is 1.33. The van der Waals surface area contributed by atoms with Crippen LogP contribution in [0.3, 0.4) is 0 Å². The van der Waals surface area contributed by atoms with Crippen LogP contribution in [0.2, 0.25) is 0 Å². The molecule has 1 aliphatic carbocycles. The van der Waals surface area contributed by atoms with Gasteiger partial charge in [-0.05, 0) is 111 Å². The van der Waals surface area contributed by atoms with Crippen LogP contribution in [0.4, 0.5) is 0 Å².